The van der Waals surface area contributed by atoms with Gasteiger partial charge in [-0.3, -0.25) is 4.90 Å². The fourth-order valence-electron chi connectivity index (χ4n) is 1.65. The molecule has 1 aliphatic rings. The molecule has 1 N–H and O–H groups in total. The van der Waals surface area contributed by atoms with Crippen molar-refractivity contribution in [3.8, 4) is 12.1 Å². The summed E-state index contributed by atoms with van der Waals surface area (Å²) in [6.07, 6.45) is 7.41. The molecule has 0 aliphatic carbocycles. The topological polar surface area (TPSA) is 55.3 Å². The summed E-state index contributed by atoms with van der Waals surface area (Å²) in [5.74, 6) is 0. The van der Waals surface area contributed by atoms with Crippen LogP contribution in [-0.4, -0.2) is 24.7 Å². The molecule has 1 aliphatic heterocycles. The van der Waals surface area contributed by atoms with E-state index in [1.54, 1.807) is 0 Å². The standard InChI is InChI=1S/C11H16N4.ClH/c12-5-1-3-7-14-9-10-15(11-14)8-4-2-6-13;/h9-10H,1-4,7-8,11H2;1H. The third-order valence-electron chi connectivity index (χ3n) is 2.45. The first-order chi connectivity index (χ1) is 7.36. The number of unbranched alkanes of at least 4 members (excludes halogenated alkanes) is 2. The van der Waals surface area contributed by atoms with Crippen molar-refractivity contribution in [3.05, 3.63) is 12.4 Å². The highest BCUT2D eigenvalue weighted by Crippen LogP contribution is 1.96. The van der Waals surface area contributed by atoms with E-state index in [1.807, 2.05) is 0 Å². The first-order valence-corrected chi connectivity index (χ1v) is 5.37. The van der Waals surface area contributed by atoms with Crippen LogP contribution < -0.4 is 17.3 Å². The molecule has 0 saturated carbocycles. The Morgan fingerprint density at radius 3 is 2.56 bits per heavy atom. The average Bonchev–Trinajstić information content (AvgIpc) is 2.67. The van der Waals surface area contributed by atoms with Gasteiger partial charge >= 0.3 is 0 Å². The molecule has 16 heavy (non-hydrogen) atoms. The lowest BCUT2D eigenvalue weighted by atomic mass is 10.3. The zero-order valence-corrected chi connectivity index (χ0v) is 10.1. The molecule has 1 rings (SSSR count). The van der Waals surface area contributed by atoms with Gasteiger partial charge in [0.2, 0.25) is 0 Å². The second-order valence-electron chi connectivity index (χ2n) is 3.72. The molecule has 0 radical (unpaired) electrons. The summed E-state index contributed by atoms with van der Waals surface area (Å²) < 4.78 is 0. The number of nitrogens with one attached hydrogen (secondary N) is 1. The SMILES string of the molecule is N#CCCCN1C=C[NH+](CCCC#N)C1.[Cl-]. The Labute approximate surface area is 103 Å². The first-order valence-electron chi connectivity index (χ1n) is 5.37. The molecule has 0 saturated heterocycles. The lowest BCUT2D eigenvalue weighted by molar-refractivity contribution is -0.849. The number of nitriles is 2. The lowest BCUT2D eigenvalue weighted by Crippen LogP contribution is -3.07. The molecule has 0 aromatic rings. The average molecular weight is 241 g/mol. The van der Waals surface area contributed by atoms with Gasteiger partial charge in [0.05, 0.1) is 24.9 Å². The highest BCUT2D eigenvalue weighted by Gasteiger charge is 2.15. The van der Waals surface area contributed by atoms with E-state index < -0.39 is 0 Å². The van der Waals surface area contributed by atoms with Gasteiger partial charge in [-0.05, 0) is 6.42 Å². The molecule has 1 unspecified atom stereocenters. The van der Waals surface area contributed by atoms with E-state index in [2.05, 4.69) is 29.4 Å². The van der Waals surface area contributed by atoms with Gasteiger partial charge in [-0.2, -0.15) is 10.5 Å². The van der Waals surface area contributed by atoms with Crippen LogP contribution in [0, 0.1) is 22.7 Å². The summed E-state index contributed by atoms with van der Waals surface area (Å²) in [6.45, 7) is 2.97. The van der Waals surface area contributed by atoms with Gasteiger partial charge in [0.25, 0.3) is 0 Å². The minimum absolute atomic E-state index is 0. The fraction of sp³-hybridized carbons (Fsp3) is 0.636. The lowest BCUT2D eigenvalue weighted by Gasteiger charge is -2.15. The van der Waals surface area contributed by atoms with Crippen molar-refractivity contribution in [2.75, 3.05) is 19.8 Å². The second-order valence-corrected chi connectivity index (χ2v) is 3.72. The predicted octanol–water partition coefficient (Wildman–Crippen LogP) is -2.77. The number of nitrogens with zero attached hydrogens (tertiary/aromatic N) is 3. The van der Waals surface area contributed by atoms with Crippen LogP contribution in [0.25, 0.3) is 0 Å². The molecule has 0 bridgehead atoms. The third kappa shape index (κ3) is 5.60. The van der Waals surface area contributed by atoms with Crippen molar-refractivity contribution in [3.63, 3.8) is 0 Å². The van der Waals surface area contributed by atoms with Crippen molar-refractivity contribution < 1.29 is 17.3 Å². The van der Waals surface area contributed by atoms with Gasteiger partial charge in [0, 0.05) is 25.8 Å². The highest BCUT2D eigenvalue weighted by molar-refractivity contribution is 4.79. The molecule has 0 aromatic heterocycles. The van der Waals surface area contributed by atoms with Crippen LogP contribution in [-0.2, 0) is 0 Å². The number of rotatable bonds is 6. The molecule has 4 nitrogen and oxygen atoms in total. The molecule has 1 atom stereocenters. The maximum absolute atomic E-state index is 8.42. The van der Waals surface area contributed by atoms with Crippen molar-refractivity contribution >= 4 is 0 Å². The van der Waals surface area contributed by atoms with E-state index >= 15 is 0 Å². The van der Waals surface area contributed by atoms with Crippen LogP contribution in [0.1, 0.15) is 25.7 Å². The van der Waals surface area contributed by atoms with E-state index in [0.717, 1.165) is 32.6 Å². The van der Waals surface area contributed by atoms with E-state index in [-0.39, 0.29) is 12.4 Å². The fourth-order valence-corrected chi connectivity index (χ4v) is 1.65. The van der Waals surface area contributed by atoms with Gasteiger partial charge in [-0.15, -0.1) is 0 Å². The molecule has 0 amide bonds. The number of hydrogen-bond acceptors (Lipinski definition) is 3. The maximum Gasteiger partial charge on any atom is 0.156 e. The molecule has 0 aromatic carbocycles. The van der Waals surface area contributed by atoms with E-state index in [4.69, 9.17) is 10.5 Å². The highest BCUT2D eigenvalue weighted by atomic mass is 35.5. The predicted molar refractivity (Wildman–Crippen MR) is 56.2 cm³/mol. The van der Waals surface area contributed by atoms with Gasteiger partial charge in [-0.1, -0.05) is 0 Å². The Hall–Kier alpha value is -1.23. The van der Waals surface area contributed by atoms with Gasteiger partial charge in [0.1, 0.15) is 6.20 Å². The summed E-state index contributed by atoms with van der Waals surface area (Å²) >= 11 is 0. The number of quaternary nitrogens is 1. The molecule has 88 valence electrons. The van der Waals surface area contributed by atoms with Crippen molar-refractivity contribution in [2.45, 2.75) is 25.7 Å². The summed E-state index contributed by atoms with van der Waals surface area (Å²) in [5, 5.41) is 16.8. The van der Waals surface area contributed by atoms with Gasteiger partial charge in [0.15, 0.2) is 6.67 Å². The van der Waals surface area contributed by atoms with Crippen LogP contribution in [0.2, 0.25) is 0 Å². The van der Waals surface area contributed by atoms with E-state index in [0.29, 0.717) is 12.8 Å². The van der Waals surface area contributed by atoms with Crippen molar-refractivity contribution in [1.82, 2.24) is 4.90 Å². The van der Waals surface area contributed by atoms with Crippen LogP contribution in [0.15, 0.2) is 12.4 Å². The zero-order chi connectivity index (χ0) is 10.9. The Morgan fingerprint density at radius 2 is 1.88 bits per heavy atom. The molecule has 5 heteroatoms. The summed E-state index contributed by atoms with van der Waals surface area (Å²) in [4.78, 5) is 3.64. The van der Waals surface area contributed by atoms with Crippen LogP contribution >= 0.6 is 0 Å². The Kier molecular flexibility index (Phi) is 8.34. The maximum atomic E-state index is 8.42. The van der Waals surface area contributed by atoms with Crippen molar-refractivity contribution in [1.29, 1.82) is 10.5 Å². The summed E-state index contributed by atoms with van der Waals surface area (Å²) in [6, 6.07) is 4.31. The van der Waals surface area contributed by atoms with E-state index in [1.165, 1.54) is 4.90 Å². The number of halogens is 1. The molecule has 0 fully saturated rings. The molecule has 0 spiro atoms. The Balaban J connectivity index is 0.00000225. The molecular weight excluding hydrogens is 224 g/mol. The quantitative estimate of drug-likeness (QED) is 0.512. The monoisotopic (exact) mass is 240 g/mol. The summed E-state index contributed by atoms with van der Waals surface area (Å²) in [5.41, 5.74) is 0. The Morgan fingerprint density at radius 1 is 1.19 bits per heavy atom. The first kappa shape index (κ1) is 14.8. The molecule has 1 heterocycles. The molecular formula is C11H17ClN4. The minimum atomic E-state index is 0. The summed E-state index contributed by atoms with van der Waals surface area (Å²) in [7, 11) is 0. The smallest absolute Gasteiger partial charge is 0.156 e. The van der Waals surface area contributed by atoms with E-state index in [9.17, 15) is 0 Å². The second kappa shape index (κ2) is 9.03. The van der Waals surface area contributed by atoms with Crippen molar-refractivity contribution in [2.24, 2.45) is 0 Å². The van der Waals surface area contributed by atoms with Gasteiger partial charge < -0.3 is 17.3 Å². The third-order valence-corrected chi connectivity index (χ3v) is 2.45. The van der Waals surface area contributed by atoms with Gasteiger partial charge in [-0.25, -0.2) is 0 Å². The zero-order valence-electron chi connectivity index (χ0n) is 9.32. The number of hydrogen-bond donors (Lipinski definition) is 1. The largest absolute Gasteiger partial charge is 1.00 e. The van der Waals surface area contributed by atoms with Crippen LogP contribution in [0.4, 0.5) is 0 Å². The Bertz CT molecular complexity index is 261. The van der Waals surface area contributed by atoms with Crippen LogP contribution in [0.3, 0.4) is 0 Å². The minimum Gasteiger partial charge on any atom is -1.00 e. The normalized spacial score (nSPS) is 17.6. The van der Waals surface area contributed by atoms with Crippen LogP contribution in [0.5, 0.6) is 0 Å².